The van der Waals surface area contributed by atoms with Gasteiger partial charge in [0.2, 0.25) is 5.91 Å². The van der Waals surface area contributed by atoms with Gasteiger partial charge in [0.25, 0.3) is 11.5 Å². The molecule has 0 unspecified atom stereocenters. The maximum atomic E-state index is 12.8. The Bertz CT molecular complexity index is 1130. The van der Waals surface area contributed by atoms with E-state index in [0.29, 0.717) is 48.9 Å². The van der Waals surface area contributed by atoms with E-state index < -0.39 is 0 Å². The number of hydrogen-bond donors (Lipinski definition) is 1. The average molecular weight is 417 g/mol. The Morgan fingerprint density at radius 2 is 1.55 bits per heavy atom. The van der Waals surface area contributed by atoms with Gasteiger partial charge in [-0.2, -0.15) is 4.68 Å². The van der Waals surface area contributed by atoms with Gasteiger partial charge >= 0.3 is 0 Å². The Morgan fingerprint density at radius 1 is 0.871 bits per heavy atom. The van der Waals surface area contributed by atoms with Crippen molar-refractivity contribution in [2.24, 2.45) is 0 Å². The summed E-state index contributed by atoms with van der Waals surface area (Å²) in [5.74, 6) is 0.508. The van der Waals surface area contributed by atoms with Gasteiger partial charge in [-0.25, -0.2) is 0 Å². The molecule has 4 rings (SSSR count). The van der Waals surface area contributed by atoms with Crippen molar-refractivity contribution in [2.75, 3.05) is 36.4 Å². The minimum atomic E-state index is -0.188. The molecular weight excluding hydrogens is 394 g/mol. The van der Waals surface area contributed by atoms with Crippen LogP contribution < -0.4 is 15.8 Å². The Labute approximate surface area is 179 Å². The number of benzene rings is 2. The number of carbonyl (C=O) groups is 2. The molecule has 2 amide bonds. The first kappa shape index (κ1) is 20.3. The highest BCUT2D eigenvalue weighted by atomic mass is 16.2. The molecule has 8 nitrogen and oxygen atoms in total. The number of carbonyl (C=O) groups excluding carboxylic acids is 2. The van der Waals surface area contributed by atoms with Gasteiger partial charge in [-0.05, 0) is 42.5 Å². The van der Waals surface area contributed by atoms with Gasteiger partial charge in [-0.3, -0.25) is 14.4 Å². The lowest BCUT2D eigenvalue weighted by Gasteiger charge is -2.35. The summed E-state index contributed by atoms with van der Waals surface area (Å²) in [4.78, 5) is 40.1. The topological polar surface area (TPSA) is 87.5 Å². The molecule has 0 saturated carbocycles. The first-order valence-electron chi connectivity index (χ1n) is 10.1. The van der Waals surface area contributed by atoms with Crippen molar-refractivity contribution < 1.29 is 9.59 Å². The van der Waals surface area contributed by atoms with Crippen molar-refractivity contribution >= 4 is 23.3 Å². The second-order valence-electron chi connectivity index (χ2n) is 7.31. The van der Waals surface area contributed by atoms with Gasteiger partial charge in [0.05, 0.1) is 5.69 Å². The van der Waals surface area contributed by atoms with Crippen LogP contribution in [-0.4, -0.2) is 52.7 Å². The van der Waals surface area contributed by atoms with Crippen LogP contribution in [0.2, 0.25) is 0 Å². The van der Waals surface area contributed by atoms with E-state index >= 15 is 0 Å². The lowest BCUT2D eigenvalue weighted by atomic mass is 10.1. The van der Waals surface area contributed by atoms with Gasteiger partial charge in [0.1, 0.15) is 5.82 Å². The largest absolute Gasteiger partial charge is 0.352 e. The normalized spacial score (nSPS) is 13.7. The van der Waals surface area contributed by atoms with Crippen molar-refractivity contribution in [1.29, 1.82) is 0 Å². The zero-order valence-electron chi connectivity index (χ0n) is 17.2. The average Bonchev–Trinajstić information content (AvgIpc) is 2.80. The summed E-state index contributed by atoms with van der Waals surface area (Å²) in [7, 11) is 0. The fourth-order valence-electron chi connectivity index (χ4n) is 3.54. The second-order valence-corrected chi connectivity index (χ2v) is 7.31. The molecule has 2 heterocycles. The number of nitrogens with one attached hydrogen (secondary N) is 1. The molecule has 8 heteroatoms. The number of para-hydroxylation sites is 1. The van der Waals surface area contributed by atoms with Gasteiger partial charge in [-0.1, -0.05) is 18.2 Å². The summed E-state index contributed by atoms with van der Waals surface area (Å²) in [5.41, 5.74) is 1.77. The molecule has 1 fully saturated rings. The molecule has 1 aromatic heterocycles. The molecule has 0 bridgehead atoms. The van der Waals surface area contributed by atoms with Crippen LogP contribution >= 0.6 is 0 Å². The number of amides is 2. The summed E-state index contributed by atoms with van der Waals surface area (Å²) in [5, 5.41) is 7.21. The van der Waals surface area contributed by atoms with Crippen LogP contribution in [0, 0.1) is 0 Å². The highest BCUT2D eigenvalue weighted by molar-refractivity contribution is 5.95. The van der Waals surface area contributed by atoms with Crippen LogP contribution in [0.1, 0.15) is 17.3 Å². The molecule has 0 spiro atoms. The summed E-state index contributed by atoms with van der Waals surface area (Å²) in [6.07, 6.45) is 0. The van der Waals surface area contributed by atoms with E-state index in [0.717, 1.165) is 0 Å². The molecule has 3 aromatic rings. The lowest BCUT2D eigenvalue weighted by Crippen LogP contribution is -2.49. The smallest absolute Gasteiger partial charge is 0.271 e. The van der Waals surface area contributed by atoms with Crippen molar-refractivity contribution in [3.05, 3.63) is 82.6 Å². The molecule has 2 aromatic carbocycles. The Kier molecular flexibility index (Phi) is 5.79. The SMILES string of the molecule is CC(=O)Nc1ccc(C(=O)N2CCN(c3ccc(=O)n(-c4ccccc4)n3)CC2)cc1. The van der Waals surface area contributed by atoms with Crippen LogP contribution in [0.25, 0.3) is 5.69 Å². The number of piperazine rings is 1. The highest BCUT2D eigenvalue weighted by Gasteiger charge is 2.23. The number of anilines is 2. The Balaban J connectivity index is 1.42. The van der Waals surface area contributed by atoms with Crippen LogP contribution in [0.5, 0.6) is 0 Å². The number of hydrogen-bond acceptors (Lipinski definition) is 5. The predicted molar refractivity (Wildman–Crippen MR) is 119 cm³/mol. The summed E-state index contributed by atoms with van der Waals surface area (Å²) >= 11 is 0. The molecular formula is C23H23N5O3. The number of aromatic nitrogens is 2. The molecule has 0 radical (unpaired) electrons. The van der Waals surface area contributed by atoms with E-state index in [-0.39, 0.29) is 17.4 Å². The van der Waals surface area contributed by atoms with E-state index in [2.05, 4.69) is 15.3 Å². The van der Waals surface area contributed by atoms with Gasteiger partial charge in [0, 0.05) is 50.4 Å². The Morgan fingerprint density at radius 3 is 2.19 bits per heavy atom. The highest BCUT2D eigenvalue weighted by Crippen LogP contribution is 2.16. The summed E-state index contributed by atoms with van der Waals surface area (Å²) < 4.78 is 1.39. The van der Waals surface area contributed by atoms with Crippen molar-refractivity contribution in [1.82, 2.24) is 14.7 Å². The van der Waals surface area contributed by atoms with E-state index in [1.54, 1.807) is 35.2 Å². The third-order valence-corrected chi connectivity index (χ3v) is 5.13. The zero-order chi connectivity index (χ0) is 21.8. The fraction of sp³-hybridized carbons (Fsp3) is 0.217. The van der Waals surface area contributed by atoms with Gasteiger partial charge < -0.3 is 15.1 Å². The van der Waals surface area contributed by atoms with Gasteiger partial charge in [-0.15, -0.1) is 5.10 Å². The maximum absolute atomic E-state index is 12.8. The van der Waals surface area contributed by atoms with Crippen molar-refractivity contribution in [3.63, 3.8) is 0 Å². The minimum Gasteiger partial charge on any atom is -0.352 e. The van der Waals surface area contributed by atoms with E-state index in [1.807, 2.05) is 30.3 Å². The zero-order valence-corrected chi connectivity index (χ0v) is 17.2. The van der Waals surface area contributed by atoms with Crippen LogP contribution in [-0.2, 0) is 4.79 Å². The molecule has 31 heavy (non-hydrogen) atoms. The minimum absolute atomic E-state index is 0.0451. The Hall–Kier alpha value is -3.94. The van der Waals surface area contributed by atoms with E-state index in [9.17, 15) is 14.4 Å². The quantitative estimate of drug-likeness (QED) is 0.703. The summed E-state index contributed by atoms with van der Waals surface area (Å²) in [6.45, 7) is 3.79. The standard InChI is InChI=1S/C23H23N5O3/c1-17(29)24-19-9-7-18(8-10-19)23(31)27-15-13-26(14-16-27)21-11-12-22(30)28(25-21)20-5-3-2-4-6-20/h2-12H,13-16H2,1H3,(H,24,29). The number of rotatable bonds is 4. The molecule has 1 saturated heterocycles. The van der Waals surface area contributed by atoms with Crippen molar-refractivity contribution in [2.45, 2.75) is 6.92 Å². The first-order chi connectivity index (χ1) is 15.0. The molecule has 0 atom stereocenters. The number of nitrogens with zero attached hydrogens (tertiary/aromatic N) is 4. The van der Waals surface area contributed by atoms with E-state index in [4.69, 9.17) is 0 Å². The maximum Gasteiger partial charge on any atom is 0.271 e. The van der Waals surface area contributed by atoms with Crippen molar-refractivity contribution in [3.8, 4) is 5.69 Å². The fourth-order valence-corrected chi connectivity index (χ4v) is 3.54. The predicted octanol–water partition coefficient (Wildman–Crippen LogP) is 2.15. The van der Waals surface area contributed by atoms with Crippen LogP contribution in [0.3, 0.4) is 0 Å². The molecule has 1 aliphatic rings. The second kappa shape index (κ2) is 8.83. The molecule has 1 aliphatic heterocycles. The lowest BCUT2D eigenvalue weighted by molar-refractivity contribution is -0.114. The van der Waals surface area contributed by atoms with E-state index in [1.165, 1.54) is 17.7 Å². The van der Waals surface area contributed by atoms with Crippen LogP contribution in [0.4, 0.5) is 11.5 Å². The summed E-state index contributed by atoms with van der Waals surface area (Å²) in [6, 6.07) is 19.4. The first-order valence-corrected chi connectivity index (χ1v) is 10.1. The molecule has 1 N–H and O–H groups in total. The molecule has 0 aliphatic carbocycles. The van der Waals surface area contributed by atoms with Gasteiger partial charge in [0.15, 0.2) is 0 Å². The van der Waals surface area contributed by atoms with Crippen LogP contribution in [0.15, 0.2) is 71.5 Å². The third-order valence-electron chi connectivity index (χ3n) is 5.13. The molecule has 158 valence electrons. The monoisotopic (exact) mass is 417 g/mol. The third kappa shape index (κ3) is 4.63.